The topological polar surface area (TPSA) is 70.6 Å². The van der Waals surface area contributed by atoms with Gasteiger partial charge < -0.3 is 4.90 Å². The number of benzene rings is 1. The molecule has 140 valence electrons. The lowest BCUT2D eigenvalue weighted by molar-refractivity contribution is -0.131. The lowest BCUT2D eigenvalue weighted by atomic mass is 10.2. The summed E-state index contributed by atoms with van der Waals surface area (Å²) in [5.41, 5.74) is 1.64. The minimum Gasteiger partial charge on any atom is -0.340 e. The van der Waals surface area contributed by atoms with E-state index in [4.69, 9.17) is 0 Å². The highest BCUT2D eigenvalue weighted by Crippen LogP contribution is 2.22. The summed E-state index contributed by atoms with van der Waals surface area (Å²) in [5.74, 6) is 0.0321. The smallest absolute Gasteiger partial charge is 0.243 e. The Morgan fingerprint density at radius 2 is 1.77 bits per heavy atom. The fraction of sp³-hybridized carbons (Fsp3) is 0.444. The van der Waals surface area contributed by atoms with Crippen LogP contribution in [0.5, 0.6) is 0 Å². The third-order valence-electron chi connectivity index (χ3n) is 4.61. The third kappa shape index (κ3) is 3.82. The number of sulfonamides is 1. The van der Waals surface area contributed by atoms with Crippen LogP contribution >= 0.6 is 11.3 Å². The highest BCUT2D eigenvalue weighted by molar-refractivity contribution is 7.89. The van der Waals surface area contributed by atoms with Crippen molar-refractivity contribution in [1.29, 1.82) is 0 Å². The molecular weight excluding hydrogens is 370 g/mol. The van der Waals surface area contributed by atoms with Gasteiger partial charge in [0.05, 0.1) is 22.0 Å². The molecule has 1 aromatic heterocycles. The number of rotatable bonds is 4. The largest absolute Gasteiger partial charge is 0.340 e. The molecule has 6 nitrogen and oxygen atoms in total. The molecule has 1 aliphatic heterocycles. The van der Waals surface area contributed by atoms with Gasteiger partial charge >= 0.3 is 0 Å². The maximum atomic E-state index is 12.8. The highest BCUT2D eigenvalue weighted by Gasteiger charge is 2.31. The molecule has 0 atom stereocenters. The van der Waals surface area contributed by atoms with Gasteiger partial charge in [0.1, 0.15) is 0 Å². The van der Waals surface area contributed by atoms with Crippen molar-refractivity contribution < 1.29 is 13.2 Å². The maximum absolute atomic E-state index is 12.8. The molecule has 1 aromatic carbocycles. The van der Waals surface area contributed by atoms with Crippen molar-refractivity contribution >= 4 is 27.3 Å². The van der Waals surface area contributed by atoms with Crippen LogP contribution in [0.15, 0.2) is 29.2 Å². The average Bonchev–Trinajstić information content (AvgIpc) is 2.92. The van der Waals surface area contributed by atoms with Crippen LogP contribution in [-0.2, 0) is 21.2 Å². The third-order valence-corrected chi connectivity index (χ3v) is 7.75. The molecule has 3 rings (SSSR count). The Kier molecular flexibility index (Phi) is 5.45. The number of carbonyl (C=O) groups is 1. The first-order chi connectivity index (χ1) is 12.3. The summed E-state index contributed by atoms with van der Waals surface area (Å²) < 4.78 is 27.2. The van der Waals surface area contributed by atoms with Gasteiger partial charge in [-0.05, 0) is 32.4 Å². The van der Waals surface area contributed by atoms with E-state index in [1.165, 1.54) is 4.31 Å². The zero-order valence-corrected chi connectivity index (χ0v) is 16.9. The Morgan fingerprint density at radius 3 is 2.35 bits per heavy atom. The highest BCUT2D eigenvalue weighted by atomic mass is 32.2. The van der Waals surface area contributed by atoms with E-state index >= 15 is 0 Å². The first-order valence-corrected chi connectivity index (χ1v) is 10.8. The van der Waals surface area contributed by atoms with Gasteiger partial charge in [-0.2, -0.15) is 4.31 Å². The van der Waals surface area contributed by atoms with Gasteiger partial charge in [-0.25, -0.2) is 13.4 Å². The number of nitrogens with zero attached hydrogens (tertiary/aromatic N) is 3. The van der Waals surface area contributed by atoms with Gasteiger partial charge in [0.15, 0.2) is 0 Å². The summed E-state index contributed by atoms with van der Waals surface area (Å²) in [4.78, 5) is 20.0. The molecule has 1 saturated heterocycles. The standard InChI is InChI=1S/C18H23N3O3S2/c1-13-6-4-5-7-17(13)26(23,24)21-10-8-20(9-11-21)18(22)12-16-14(2)19-15(3)25-16/h4-7H,8-12H2,1-3H3. The molecule has 0 aliphatic carbocycles. The van der Waals surface area contributed by atoms with Gasteiger partial charge in [-0.15, -0.1) is 11.3 Å². The molecule has 26 heavy (non-hydrogen) atoms. The van der Waals surface area contributed by atoms with Gasteiger partial charge in [0, 0.05) is 31.1 Å². The molecule has 0 unspecified atom stereocenters. The van der Waals surface area contributed by atoms with E-state index in [9.17, 15) is 13.2 Å². The van der Waals surface area contributed by atoms with Crippen LogP contribution in [0, 0.1) is 20.8 Å². The average molecular weight is 394 g/mol. The number of piperazine rings is 1. The van der Waals surface area contributed by atoms with Crippen LogP contribution in [0.25, 0.3) is 0 Å². The zero-order valence-electron chi connectivity index (χ0n) is 15.2. The molecule has 1 amide bonds. The van der Waals surface area contributed by atoms with Gasteiger partial charge in [-0.3, -0.25) is 4.79 Å². The predicted molar refractivity (Wildman–Crippen MR) is 102 cm³/mol. The fourth-order valence-electron chi connectivity index (χ4n) is 3.15. The Hall–Kier alpha value is -1.77. The first-order valence-electron chi connectivity index (χ1n) is 8.55. The van der Waals surface area contributed by atoms with Gasteiger partial charge in [-0.1, -0.05) is 18.2 Å². The van der Waals surface area contributed by atoms with Crippen LogP contribution < -0.4 is 0 Å². The number of hydrogen-bond donors (Lipinski definition) is 0. The molecule has 0 N–H and O–H groups in total. The normalized spacial score (nSPS) is 16.0. The van der Waals surface area contributed by atoms with E-state index < -0.39 is 10.0 Å². The molecule has 0 radical (unpaired) electrons. The van der Waals surface area contributed by atoms with Crippen molar-refractivity contribution in [2.75, 3.05) is 26.2 Å². The maximum Gasteiger partial charge on any atom is 0.243 e. The minimum absolute atomic E-state index is 0.0321. The van der Waals surface area contributed by atoms with E-state index in [1.807, 2.05) is 19.9 Å². The molecule has 2 aromatic rings. The SMILES string of the molecule is Cc1nc(C)c(CC(=O)N2CCN(S(=O)(=O)c3ccccc3C)CC2)s1. The summed E-state index contributed by atoms with van der Waals surface area (Å²) in [6.07, 6.45) is 0.335. The molecule has 0 bridgehead atoms. The quantitative estimate of drug-likeness (QED) is 0.798. The summed E-state index contributed by atoms with van der Waals surface area (Å²) in [7, 11) is -3.52. The van der Waals surface area contributed by atoms with Crippen molar-refractivity contribution in [2.45, 2.75) is 32.1 Å². The van der Waals surface area contributed by atoms with Crippen molar-refractivity contribution in [3.8, 4) is 0 Å². The van der Waals surface area contributed by atoms with E-state index in [0.717, 1.165) is 21.1 Å². The number of amides is 1. The molecule has 1 aliphatic rings. The summed E-state index contributed by atoms with van der Waals surface area (Å²) in [6.45, 7) is 7.12. The Bertz CT molecular complexity index is 914. The Morgan fingerprint density at radius 1 is 1.12 bits per heavy atom. The number of hydrogen-bond acceptors (Lipinski definition) is 5. The van der Waals surface area contributed by atoms with Crippen molar-refractivity contribution in [3.05, 3.63) is 45.4 Å². The second kappa shape index (κ2) is 7.46. The van der Waals surface area contributed by atoms with Crippen LogP contribution in [0.3, 0.4) is 0 Å². The van der Waals surface area contributed by atoms with Crippen LogP contribution in [0.1, 0.15) is 21.1 Å². The zero-order chi connectivity index (χ0) is 18.9. The summed E-state index contributed by atoms with van der Waals surface area (Å²) in [5, 5.41) is 0.958. The van der Waals surface area contributed by atoms with Crippen LogP contribution in [-0.4, -0.2) is 54.7 Å². The van der Waals surface area contributed by atoms with Crippen molar-refractivity contribution in [2.24, 2.45) is 0 Å². The Balaban J connectivity index is 1.64. The van der Waals surface area contributed by atoms with Gasteiger partial charge in [0.25, 0.3) is 0 Å². The minimum atomic E-state index is -3.52. The second-order valence-corrected chi connectivity index (χ2v) is 9.66. The van der Waals surface area contributed by atoms with E-state index in [2.05, 4.69) is 4.98 Å². The van der Waals surface area contributed by atoms with Crippen LogP contribution in [0.4, 0.5) is 0 Å². The lowest BCUT2D eigenvalue weighted by Gasteiger charge is -2.34. The predicted octanol–water partition coefficient (Wildman–Crippen LogP) is 2.14. The molecule has 0 spiro atoms. The molecular formula is C18H23N3O3S2. The molecule has 2 heterocycles. The van der Waals surface area contributed by atoms with Gasteiger partial charge in [0.2, 0.25) is 15.9 Å². The van der Waals surface area contributed by atoms with Crippen molar-refractivity contribution in [1.82, 2.24) is 14.2 Å². The Labute approximate surface area is 158 Å². The number of aromatic nitrogens is 1. The summed E-state index contributed by atoms with van der Waals surface area (Å²) in [6, 6.07) is 7.00. The number of carbonyl (C=O) groups excluding carboxylic acids is 1. The van der Waals surface area contributed by atoms with E-state index in [0.29, 0.717) is 37.5 Å². The second-order valence-electron chi connectivity index (χ2n) is 6.47. The lowest BCUT2D eigenvalue weighted by Crippen LogP contribution is -2.50. The van der Waals surface area contributed by atoms with Crippen LogP contribution in [0.2, 0.25) is 0 Å². The molecule has 8 heteroatoms. The monoisotopic (exact) mass is 393 g/mol. The van der Waals surface area contributed by atoms with E-state index in [1.54, 1.807) is 41.4 Å². The fourth-order valence-corrected chi connectivity index (χ4v) is 5.73. The van der Waals surface area contributed by atoms with E-state index in [-0.39, 0.29) is 5.91 Å². The number of thiazole rings is 1. The number of aryl methyl sites for hydroxylation is 3. The van der Waals surface area contributed by atoms with Crippen molar-refractivity contribution in [3.63, 3.8) is 0 Å². The first kappa shape index (κ1) is 19.0. The molecule has 0 saturated carbocycles. The molecule has 1 fully saturated rings. The summed E-state index contributed by atoms with van der Waals surface area (Å²) >= 11 is 1.55.